The van der Waals surface area contributed by atoms with Crippen molar-refractivity contribution in [2.24, 2.45) is 17.7 Å². The van der Waals surface area contributed by atoms with E-state index >= 15 is 0 Å². The van der Waals surface area contributed by atoms with Crippen molar-refractivity contribution in [1.29, 1.82) is 0 Å². The van der Waals surface area contributed by atoms with Gasteiger partial charge in [0.25, 0.3) is 11.6 Å². The fourth-order valence-electron chi connectivity index (χ4n) is 2.78. The zero-order valence-corrected chi connectivity index (χ0v) is 12.1. The Bertz CT molecular complexity index is 561. The highest BCUT2D eigenvalue weighted by Gasteiger charge is 2.32. The van der Waals surface area contributed by atoms with Gasteiger partial charge in [-0.3, -0.25) is 20.8 Å². The van der Waals surface area contributed by atoms with Gasteiger partial charge in [-0.15, -0.1) is 0 Å². The van der Waals surface area contributed by atoms with E-state index < -0.39 is 10.8 Å². The van der Waals surface area contributed by atoms with Crippen LogP contribution >= 0.6 is 0 Å². The Kier molecular flexibility index (Phi) is 4.42. The minimum absolute atomic E-state index is 0.0298. The molecule has 21 heavy (non-hydrogen) atoms. The van der Waals surface area contributed by atoms with Crippen LogP contribution in [0.4, 0.5) is 11.4 Å². The van der Waals surface area contributed by atoms with Crippen molar-refractivity contribution in [3.05, 3.63) is 33.9 Å². The topological polar surface area (TPSA) is 110 Å². The molecule has 114 valence electrons. The van der Waals surface area contributed by atoms with Crippen molar-refractivity contribution in [3.8, 4) is 0 Å². The molecule has 3 atom stereocenters. The SMILES string of the molecule is CC1CCC(NC(=O)c2cc(NN)ccc2[N+](=O)[O-])C1C. The number of nitrogens with one attached hydrogen (secondary N) is 2. The molecule has 0 spiro atoms. The van der Waals surface area contributed by atoms with Gasteiger partial charge in [0.1, 0.15) is 5.56 Å². The number of nitro groups is 1. The molecule has 1 fully saturated rings. The van der Waals surface area contributed by atoms with Crippen LogP contribution in [-0.2, 0) is 0 Å². The lowest BCUT2D eigenvalue weighted by atomic mass is 9.97. The maximum atomic E-state index is 12.4. The van der Waals surface area contributed by atoms with E-state index in [0.717, 1.165) is 12.8 Å². The Morgan fingerprint density at radius 3 is 2.62 bits per heavy atom. The summed E-state index contributed by atoms with van der Waals surface area (Å²) >= 11 is 0. The summed E-state index contributed by atoms with van der Waals surface area (Å²) in [5.74, 6) is 5.78. The maximum absolute atomic E-state index is 12.4. The average molecular weight is 292 g/mol. The predicted octanol–water partition coefficient (Wildman–Crippen LogP) is 2.04. The van der Waals surface area contributed by atoms with Crippen LogP contribution in [-0.4, -0.2) is 16.9 Å². The minimum Gasteiger partial charge on any atom is -0.349 e. The molecule has 7 nitrogen and oxygen atoms in total. The predicted molar refractivity (Wildman–Crippen MR) is 79.7 cm³/mol. The highest BCUT2D eigenvalue weighted by Crippen LogP contribution is 2.31. The molecule has 1 aromatic carbocycles. The van der Waals surface area contributed by atoms with E-state index in [-0.39, 0.29) is 17.3 Å². The van der Waals surface area contributed by atoms with Gasteiger partial charge in [0.15, 0.2) is 0 Å². The molecule has 3 unspecified atom stereocenters. The van der Waals surface area contributed by atoms with Crippen LogP contribution in [0.1, 0.15) is 37.0 Å². The van der Waals surface area contributed by atoms with Crippen LogP contribution in [0.5, 0.6) is 0 Å². The molecule has 1 aliphatic carbocycles. The number of nitrogens with two attached hydrogens (primary N) is 1. The van der Waals surface area contributed by atoms with Crippen LogP contribution in [0.2, 0.25) is 0 Å². The normalized spacial score (nSPS) is 24.6. The summed E-state index contributed by atoms with van der Waals surface area (Å²) in [5.41, 5.74) is 2.66. The molecule has 0 bridgehead atoms. The van der Waals surface area contributed by atoms with Gasteiger partial charge in [0.2, 0.25) is 0 Å². The van der Waals surface area contributed by atoms with Gasteiger partial charge in [-0.25, -0.2) is 0 Å². The van der Waals surface area contributed by atoms with Gasteiger partial charge in [-0.2, -0.15) is 0 Å². The zero-order valence-electron chi connectivity index (χ0n) is 12.1. The number of hydrazine groups is 1. The smallest absolute Gasteiger partial charge is 0.282 e. The first-order valence-electron chi connectivity index (χ1n) is 7.00. The number of rotatable bonds is 4. The molecule has 4 N–H and O–H groups in total. The Morgan fingerprint density at radius 1 is 1.38 bits per heavy atom. The summed E-state index contributed by atoms with van der Waals surface area (Å²) in [5, 5.41) is 14.0. The van der Waals surface area contributed by atoms with E-state index in [4.69, 9.17) is 5.84 Å². The summed E-state index contributed by atoms with van der Waals surface area (Å²) in [6.45, 7) is 4.24. The summed E-state index contributed by atoms with van der Waals surface area (Å²) in [7, 11) is 0. The Morgan fingerprint density at radius 2 is 2.10 bits per heavy atom. The molecule has 0 aromatic heterocycles. The summed E-state index contributed by atoms with van der Waals surface area (Å²) < 4.78 is 0. The summed E-state index contributed by atoms with van der Waals surface area (Å²) in [4.78, 5) is 22.9. The number of carbonyl (C=O) groups is 1. The third-order valence-electron chi connectivity index (χ3n) is 4.39. The number of nitro benzene ring substituents is 1. The fraction of sp³-hybridized carbons (Fsp3) is 0.500. The number of amides is 1. The van der Waals surface area contributed by atoms with Crippen molar-refractivity contribution >= 4 is 17.3 Å². The van der Waals surface area contributed by atoms with Crippen LogP contribution in [0.15, 0.2) is 18.2 Å². The highest BCUT2D eigenvalue weighted by atomic mass is 16.6. The van der Waals surface area contributed by atoms with Crippen molar-refractivity contribution in [3.63, 3.8) is 0 Å². The van der Waals surface area contributed by atoms with E-state index in [1.54, 1.807) is 0 Å². The first-order valence-corrected chi connectivity index (χ1v) is 7.00. The molecular formula is C14H20N4O3. The average Bonchev–Trinajstić information content (AvgIpc) is 2.78. The van der Waals surface area contributed by atoms with Crippen molar-refractivity contribution in [1.82, 2.24) is 5.32 Å². The highest BCUT2D eigenvalue weighted by molar-refractivity contribution is 5.99. The fourth-order valence-corrected chi connectivity index (χ4v) is 2.78. The molecular weight excluding hydrogens is 272 g/mol. The summed E-state index contributed by atoms with van der Waals surface area (Å²) in [6.07, 6.45) is 1.95. The molecule has 1 amide bonds. The molecule has 7 heteroatoms. The molecule has 1 aliphatic rings. The van der Waals surface area contributed by atoms with Crippen LogP contribution in [0.25, 0.3) is 0 Å². The van der Waals surface area contributed by atoms with Gasteiger partial charge in [-0.1, -0.05) is 13.8 Å². The number of anilines is 1. The molecule has 0 heterocycles. The van der Waals surface area contributed by atoms with E-state index in [9.17, 15) is 14.9 Å². The van der Waals surface area contributed by atoms with Crippen LogP contribution < -0.4 is 16.6 Å². The van der Waals surface area contributed by atoms with Gasteiger partial charge in [0, 0.05) is 17.8 Å². The van der Waals surface area contributed by atoms with Crippen molar-refractivity contribution < 1.29 is 9.72 Å². The first-order chi connectivity index (χ1) is 9.93. The number of benzene rings is 1. The van der Waals surface area contributed by atoms with E-state index in [0.29, 0.717) is 17.5 Å². The molecule has 0 saturated heterocycles. The lowest BCUT2D eigenvalue weighted by Gasteiger charge is -2.19. The van der Waals surface area contributed by atoms with Gasteiger partial charge in [-0.05, 0) is 36.8 Å². The minimum atomic E-state index is -0.560. The van der Waals surface area contributed by atoms with Gasteiger partial charge in [0.05, 0.1) is 4.92 Å². The lowest BCUT2D eigenvalue weighted by molar-refractivity contribution is -0.385. The largest absolute Gasteiger partial charge is 0.349 e. The van der Waals surface area contributed by atoms with Gasteiger partial charge >= 0.3 is 0 Å². The van der Waals surface area contributed by atoms with Crippen molar-refractivity contribution in [2.75, 3.05) is 5.43 Å². The number of hydrogen-bond acceptors (Lipinski definition) is 5. The second-order valence-corrected chi connectivity index (χ2v) is 5.63. The Hall–Kier alpha value is -2.15. The summed E-state index contributed by atoms with van der Waals surface area (Å²) in [6, 6.07) is 4.21. The second-order valence-electron chi connectivity index (χ2n) is 5.63. The molecule has 0 radical (unpaired) electrons. The quantitative estimate of drug-likeness (QED) is 0.447. The Balaban J connectivity index is 2.23. The third-order valence-corrected chi connectivity index (χ3v) is 4.39. The number of nitrogens with zero attached hydrogens (tertiary/aromatic N) is 1. The van der Waals surface area contributed by atoms with Crippen LogP contribution in [0.3, 0.4) is 0 Å². The lowest BCUT2D eigenvalue weighted by Crippen LogP contribution is -2.37. The third kappa shape index (κ3) is 3.13. The monoisotopic (exact) mass is 292 g/mol. The maximum Gasteiger partial charge on any atom is 0.282 e. The van der Waals surface area contributed by atoms with Crippen LogP contribution in [0, 0.1) is 22.0 Å². The molecule has 1 aromatic rings. The number of hydrogen-bond donors (Lipinski definition) is 3. The molecule has 2 rings (SSSR count). The number of carbonyl (C=O) groups excluding carboxylic acids is 1. The molecule has 1 saturated carbocycles. The molecule has 0 aliphatic heterocycles. The van der Waals surface area contributed by atoms with Gasteiger partial charge < -0.3 is 10.7 Å². The zero-order chi connectivity index (χ0) is 15.6. The van der Waals surface area contributed by atoms with Crippen molar-refractivity contribution in [2.45, 2.75) is 32.7 Å². The second kappa shape index (κ2) is 6.09. The first kappa shape index (κ1) is 15.2. The van der Waals surface area contributed by atoms with E-state index in [1.165, 1.54) is 18.2 Å². The standard InChI is InChI=1S/C14H20N4O3/c1-8-3-5-12(9(8)2)16-14(19)11-7-10(17-15)4-6-13(11)18(20)21/h4,6-9,12,17H,3,5,15H2,1-2H3,(H,16,19). The Labute approximate surface area is 123 Å². The van der Waals surface area contributed by atoms with E-state index in [1.807, 2.05) is 0 Å². The number of nitrogen functional groups attached to an aromatic ring is 1. The van der Waals surface area contributed by atoms with E-state index in [2.05, 4.69) is 24.6 Å².